The molecule has 0 aliphatic heterocycles. The summed E-state index contributed by atoms with van der Waals surface area (Å²) in [5.41, 5.74) is 1.11. The molecule has 0 amide bonds. The molecule has 1 N–H and O–H groups in total. The highest BCUT2D eigenvalue weighted by molar-refractivity contribution is 7.05. The van der Waals surface area contributed by atoms with Gasteiger partial charge in [0.1, 0.15) is 5.75 Å². The maximum absolute atomic E-state index is 5.64. The van der Waals surface area contributed by atoms with Crippen LogP contribution in [0.3, 0.4) is 0 Å². The van der Waals surface area contributed by atoms with Gasteiger partial charge in [-0.2, -0.15) is 0 Å². The number of rotatable bonds is 5. The lowest BCUT2D eigenvalue weighted by molar-refractivity contribution is 0.334. The zero-order valence-electron chi connectivity index (χ0n) is 9.88. The third kappa shape index (κ3) is 2.62. The summed E-state index contributed by atoms with van der Waals surface area (Å²) in [6.07, 6.45) is 1.79. The number of benzene rings is 1. The Labute approximate surface area is 105 Å². The van der Waals surface area contributed by atoms with Gasteiger partial charge in [-0.3, -0.25) is 0 Å². The van der Waals surface area contributed by atoms with Crippen molar-refractivity contribution in [3.05, 3.63) is 40.9 Å². The largest absolute Gasteiger partial charge is 0.494 e. The van der Waals surface area contributed by atoms with Crippen molar-refractivity contribution in [3.63, 3.8) is 0 Å². The molecule has 0 aliphatic carbocycles. The molecule has 0 bridgehead atoms. The first kappa shape index (κ1) is 12.0. The van der Waals surface area contributed by atoms with Gasteiger partial charge in [0.2, 0.25) is 0 Å². The Morgan fingerprint density at radius 1 is 1.41 bits per heavy atom. The third-order valence-corrected chi connectivity index (χ3v) is 3.21. The van der Waals surface area contributed by atoms with E-state index >= 15 is 0 Å². The summed E-state index contributed by atoms with van der Waals surface area (Å²) in [7, 11) is 1.92. The Hall–Kier alpha value is -1.46. The summed E-state index contributed by atoms with van der Waals surface area (Å²) in [6.45, 7) is 2.65. The lowest BCUT2D eigenvalue weighted by Gasteiger charge is -2.17. The molecule has 0 spiro atoms. The molecule has 90 valence electrons. The van der Waals surface area contributed by atoms with E-state index < -0.39 is 0 Å². The number of nitrogens with zero attached hydrogens (tertiary/aromatic N) is 2. The molecule has 5 heteroatoms. The normalized spacial score (nSPS) is 12.4. The fraction of sp³-hybridized carbons (Fsp3) is 0.333. The number of hydrogen-bond donors (Lipinski definition) is 1. The summed E-state index contributed by atoms with van der Waals surface area (Å²) in [5.74, 6) is 0.905. The summed E-state index contributed by atoms with van der Waals surface area (Å²) in [5, 5.41) is 7.15. The van der Waals surface area contributed by atoms with E-state index in [-0.39, 0.29) is 6.04 Å². The fourth-order valence-electron chi connectivity index (χ4n) is 1.76. The second-order valence-corrected chi connectivity index (χ2v) is 4.33. The predicted octanol–water partition coefficient (Wildman–Crippen LogP) is 2.25. The maximum atomic E-state index is 5.64. The molecule has 1 aromatic heterocycles. The number of hydrogen-bond acceptors (Lipinski definition) is 5. The Morgan fingerprint density at radius 3 is 2.88 bits per heavy atom. The lowest BCUT2D eigenvalue weighted by Crippen LogP contribution is -2.17. The van der Waals surface area contributed by atoms with Crippen molar-refractivity contribution >= 4 is 11.5 Å². The minimum Gasteiger partial charge on any atom is -0.494 e. The molecule has 0 fully saturated rings. The van der Waals surface area contributed by atoms with E-state index in [9.17, 15) is 0 Å². The average Bonchev–Trinajstić information content (AvgIpc) is 2.86. The molecule has 2 rings (SSSR count). The highest BCUT2D eigenvalue weighted by Crippen LogP contribution is 2.30. The summed E-state index contributed by atoms with van der Waals surface area (Å²) in [6, 6.07) is 8.12. The molecule has 1 atom stereocenters. The van der Waals surface area contributed by atoms with Crippen molar-refractivity contribution in [1.29, 1.82) is 0 Å². The van der Waals surface area contributed by atoms with Crippen molar-refractivity contribution in [1.82, 2.24) is 14.9 Å². The molecular weight excluding hydrogens is 234 g/mol. The molecule has 0 radical (unpaired) electrons. The van der Waals surface area contributed by atoms with Gasteiger partial charge in [0, 0.05) is 5.56 Å². The highest BCUT2D eigenvalue weighted by atomic mass is 32.1. The van der Waals surface area contributed by atoms with Crippen molar-refractivity contribution < 1.29 is 4.74 Å². The highest BCUT2D eigenvalue weighted by Gasteiger charge is 2.18. The molecule has 2 aromatic rings. The first-order valence-corrected chi connectivity index (χ1v) is 6.30. The first-order valence-electron chi connectivity index (χ1n) is 5.53. The van der Waals surface area contributed by atoms with E-state index in [0.717, 1.165) is 16.2 Å². The van der Waals surface area contributed by atoms with Gasteiger partial charge < -0.3 is 10.1 Å². The summed E-state index contributed by atoms with van der Waals surface area (Å²) >= 11 is 1.40. The second-order valence-electron chi connectivity index (χ2n) is 3.51. The van der Waals surface area contributed by atoms with Crippen molar-refractivity contribution in [2.75, 3.05) is 13.7 Å². The number of nitrogens with one attached hydrogen (secondary N) is 1. The quantitative estimate of drug-likeness (QED) is 0.883. The molecule has 1 unspecified atom stereocenters. The molecule has 1 heterocycles. The standard InChI is InChI=1S/C12H15N3OS/c1-3-16-10-7-5-4-6-9(10)12(13-2)11-8-14-15-17-11/h4-8,12-13H,3H2,1-2H3. The first-order chi connectivity index (χ1) is 8.36. The Kier molecular flexibility index (Phi) is 4.06. The van der Waals surface area contributed by atoms with Gasteiger partial charge in [0.25, 0.3) is 0 Å². The van der Waals surface area contributed by atoms with Crippen molar-refractivity contribution in [2.45, 2.75) is 13.0 Å². The second kappa shape index (κ2) is 5.75. The monoisotopic (exact) mass is 249 g/mol. The van der Waals surface area contributed by atoms with Crippen LogP contribution in [0.1, 0.15) is 23.4 Å². The molecule has 4 nitrogen and oxygen atoms in total. The topological polar surface area (TPSA) is 47.0 Å². The van der Waals surface area contributed by atoms with Crippen LogP contribution in [0.5, 0.6) is 5.75 Å². The van der Waals surface area contributed by atoms with E-state index in [4.69, 9.17) is 4.74 Å². The van der Waals surface area contributed by atoms with Crippen LogP contribution in [0.25, 0.3) is 0 Å². The van der Waals surface area contributed by atoms with Crippen LogP contribution in [0.4, 0.5) is 0 Å². The average molecular weight is 249 g/mol. The maximum Gasteiger partial charge on any atom is 0.124 e. The van der Waals surface area contributed by atoms with Crippen LogP contribution < -0.4 is 10.1 Å². The Bertz CT molecular complexity index is 459. The minimum absolute atomic E-state index is 0.0812. The van der Waals surface area contributed by atoms with Crippen LogP contribution in [0.2, 0.25) is 0 Å². The Balaban J connectivity index is 2.37. The van der Waals surface area contributed by atoms with Gasteiger partial charge >= 0.3 is 0 Å². The van der Waals surface area contributed by atoms with E-state index in [1.807, 2.05) is 32.2 Å². The third-order valence-electron chi connectivity index (χ3n) is 2.48. The summed E-state index contributed by atoms with van der Waals surface area (Å²) in [4.78, 5) is 1.08. The van der Waals surface area contributed by atoms with Crippen molar-refractivity contribution in [3.8, 4) is 5.75 Å². The molecule has 0 saturated carbocycles. The van der Waals surface area contributed by atoms with Crippen LogP contribution in [-0.2, 0) is 0 Å². The fourth-order valence-corrected chi connectivity index (χ4v) is 2.39. The van der Waals surface area contributed by atoms with Crippen LogP contribution in [0, 0.1) is 0 Å². The molecule has 17 heavy (non-hydrogen) atoms. The van der Waals surface area contributed by atoms with Gasteiger partial charge in [-0.05, 0) is 31.6 Å². The van der Waals surface area contributed by atoms with Gasteiger partial charge in [-0.1, -0.05) is 22.7 Å². The summed E-state index contributed by atoms with van der Waals surface area (Å²) < 4.78 is 9.54. The predicted molar refractivity (Wildman–Crippen MR) is 68.4 cm³/mol. The Morgan fingerprint density at radius 2 is 2.24 bits per heavy atom. The smallest absolute Gasteiger partial charge is 0.124 e. The van der Waals surface area contributed by atoms with Gasteiger partial charge in [0.15, 0.2) is 0 Å². The van der Waals surface area contributed by atoms with E-state index in [0.29, 0.717) is 6.61 Å². The molecule has 0 aliphatic rings. The lowest BCUT2D eigenvalue weighted by atomic mass is 10.0. The number of ether oxygens (including phenoxy) is 1. The van der Waals surface area contributed by atoms with Gasteiger partial charge in [-0.25, -0.2) is 0 Å². The van der Waals surface area contributed by atoms with Crippen LogP contribution >= 0.6 is 11.5 Å². The minimum atomic E-state index is 0.0812. The van der Waals surface area contributed by atoms with Crippen LogP contribution in [0.15, 0.2) is 30.5 Å². The van der Waals surface area contributed by atoms with E-state index in [1.54, 1.807) is 6.20 Å². The van der Waals surface area contributed by atoms with Gasteiger partial charge in [0.05, 0.1) is 23.7 Å². The van der Waals surface area contributed by atoms with E-state index in [1.165, 1.54) is 11.5 Å². The SMILES string of the molecule is CCOc1ccccc1C(NC)c1cnns1. The number of para-hydroxylation sites is 1. The van der Waals surface area contributed by atoms with E-state index in [2.05, 4.69) is 21.0 Å². The van der Waals surface area contributed by atoms with Crippen molar-refractivity contribution in [2.24, 2.45) is 0 Å². The molecule has 1 aromatic carbocycles. The molecule has 0 saturated heterocycles. The zero-order valence-corrected chi connectivity index (χ0v) is 10.7. The van der Waals surface area contributed by atoms with Crippen LogP contribution in [-0.4, -0.2) is 23.2 Å². The molecular formula is C12H15N3OS. The number of aromatic nitrogens is 2. The zero-order chi connectivity index (χ0) is 12.1. The van der Waals surface area contributed by atoms with Gasteiger partial charge in [-0.15, -0.1) is 5.10 Å².